The minimum Gasteiger partial charge on any atom is -0.313 e. The first kappa shape index (κ1) is 20.0. The molecule has 4 aromatic rings. The van der Waals surface area contributed by atoms with Crippen LogP contribution in [0.15, 0.2) is 59.8 Å². The molecule has 1 aliphatic carbocycles. The average Bonchev–Trinajstić information content (AvgIpc) is 3.16. The van der Waals surface area contributed by atoms with Crippen LogP contribution in [-0.2, 0) is 25.8 Å². The summed E-state index contributed by atoms with van der Waals surface area (Å²) < 4.78 is 14.7. The highest BCUT2D eigenvalue weighted by atomic mass is 32.1. The van der Waals surface area contributed by atoms with Gasteiger partial charge in [0.15, 0.2) is 0 Å². The highest BCUT2D eigenvalue weighted by Gasteiger charge is 2.25. The normalized spacial score (nSPS) is 15.8. The van der Waals surface area contributed by atoms with Crippen LogP contribution >= 0.6 is 11.3 Å². The van der Waals surface area contributed by atoms with Crippen molar-refractivity contribution in [2.45, 2.75) is 38.3 Å². The lowest BCUT2D eigenvalue weighted by molar-refractivity contribution is 0.466. The van der Waals surface area contributed by atoms with Gasteiger partial charge in [-0.2, -0.15) is 0 Å². The molecule has 1 aliphatic rings. The first-order valence-corrected chi connectivity index (χ1v) is 11.4. The van der Waals surface area contributed by atoms with E-state index in [1.165, 1.54) is 22.6 Å². The number of pyridine rings is 1. The van der Waals surface area contributed by atoms with Crippen LogP contribution in [0, 0.1) is 5.82 Å². The lowest BCUT2D eigenvalue weighted by atomic mass is 9.93. The van der Waals surface area contributed by atoms with E-state index in [0.717, 1.165) is 53.7 Å². The van der Waals surface area contributed by atoms with E-state index >= 15 is 0 Å². The number of thiophene rings is 1. The molecule has 1 aromatic carbocycles. The maximum Gasteiger partial charge on any atom is 0.262 e. The first-order valence-electron chi connectivity index (χ1n) is 10.5. The number of hydrogen-bond donors (Lipinski definition) is 1. The number of aromatic nitrogens is 3. The van der Waals surface area contributed by atoms with Crippen LogP contribution in [0.1, 0.15) is 28.1 Å². The molecule has 3 heterocycles. The summed E-state index contributed by atoms with van der Waals surface area (Å²) in [7, 11) is 0. The zero-order chi connectivity index (χ0) is 21.2. The van der Waals surface area contributed by atoms with Gasteiger partial charge >= 0.3 is 0 Å². The van der Waals surface area contributed by atoms with Gasteiger partial charge in [0.05, 0.1) is 24.0 Å². The molecule has 0 aliphatic heterocycles. The van der Waals surface area contributed by atoms with Crippen LogP contribution < -0.4 is 10.9 Å². The Hall–Kier alpha value is -2.90. The Bertz CT molecular complexity index is 1250. The van der Waals surface area contributed by atoms with Gasteiger partial charge in [-0.05, 0) is 67.6 Å². The Morgan fingerprint density at radius 3 is 2.84 bits per heavy atom. The summed E-state index contributed by atoms with van der Waals surface area (Å²) >= 11 is 1.64. The SMILES string of the molecule is O=c1c2c3c(sc2ncn1Cc1ccccn1)C[C@H](NCCc1ccc(F)cc1)CC3. The number of halogens is 1. The lowest BCUT2D eigenvalue weighted by Gasteiger charge is -2.23. The minimum atomic E-state index is -0.200. The lowest BCUT2D eigenvalue weighted by Crippen LogP contribution is -2.35. The molecule has 158 valence electrons. The second-order valence-electron chi connectivity index (χ2n) is 7.95. The molecule has 0 amide bonds. The summed E-state index contributed by atoms with van der Waals surface area (Å²) in [6, 6.07) is 12.8. The van der Waals surface area contributed by atoms with Gasteiger partial charge in [0, 0.05) is 17.1 Å². The third kappa shape index (κ3) is 4.29. The van der Waals surface area contributed by atoms with Crippen LogP contribution in [-0.4, -0.2) is 27.1 Å². The molecule has 0 bridgehead atoms. The van der Waals surface area contributed by atoms with E-state index in [0.29, 0.717) is 12.6 Å². The Labute approximate surface area is 183 Å². The van der Waals surface area contributed by atoms with Crippen molar-refractivity contribution in [3.05, 3.63) is 92.9 Å². The molecule has 1 atom stereocenters. The van der Waals surface area contributed by atoms with Crippen molar-refractivity contribution in [3.8, 4) is 0 Å². The summed E-state index contributed by atoms with van der Waals surface area (Å²) in [4.78, 5) is 24.2. The summed E-state index contributed by atoms with van der Waals surface area (Å²) in [5.74, 6) is -0.200. The van der Waals surface area contributed by atoms with Crippen molar-refractivity contribution in [1.29, 1.82) is 0 Å². The van der Waals surface area contributed by atoms with Gasteiger partial charge in [0.1, 0.15) is 10.6 Å². The molecule has 31 heavy (non-hydrogen) atoms. The van der Waals surface area contributed by atoms with Crippen LogP contribution in [0.2, 0.25) is 0 Å². The van der Waals surface area contributed by atoms with E-state index in [1.807, 2.05) is 30.3 Å². The Balaban J connectivity index is 1.29. The molecule has 0 saturated heterocycles. The Kier molecular flexibility index (Phi) is 5.61. The number of aryl methyl sites for hydroxylation is 1. The van der Waals surface area contributed by atoms with Gasteiger partial charge < -0.3 is 5.32 Å². The number of rotatable bonds is 6. The third-order valence-electron chi connectivity index (χ3n) is 5.85. The smallest absolute Gasteiger partial charge is 0.262 e. The average molecular weight is 435 g/mol. The van der Waals surface area contributed by atoms with E-state index in [4.69, 9.17) is 0 Å². The molecular formula is C24H23FN4OS. The quantitative estimate of drug-likeness (QED) is 0.502. The summed E-state index contributed by atoms with van der Waals surface area (Å²) in [5, 5.41) is 4.41. The molecule has 7 heteroatoms. The van der Waals surface area contributed by atoms with Crippen molar-refractivity contribution in [1.82, 2.24) is 19.9 Å². The summed E-state index contributed by atoms with van der Waals surface area (Å²) in [5.41, 5.74) is 3.17. The van der Waals surface area contributed by atoms with Gasteiger partial charge in [0.25, 0.3) is 5.56 Å². The first-order chi connectivity index (χ1) is 15.2. The molecular weight excluding hydrogens is 411 g/mol. The number of fused-ring (bicyclic) bond motifs is 3. The van der Waals surface area contributed by atoms with Gasteiger partial charge in [-0.25, -0.2) is 9.37 Å². The zero-order valence-electron chi connectivity index (χ0n) is 17.1. The molecule has 0 radical (unpaired) electrons. The fourth-order valence-electron chi connectivity index (χ4n) is 4.23. The maximum absolute atomic E-state index is 13.2. The molecule has 0 spiro atoms. The maximum atomic E-state index is 13.2. The van der Waals surface area contributed by atoms with Crippen LogP contribution in [0.25, 0.3) is 10.2 Å². The van der Waals surface area contributed by atoms with Gasteiger partial charge in [-0.15, -0.1) is 11.3 Å². The summed E-state index contributed by atoms with van der Waals surface area (Å²) in [6.07, 6.45) is 7.04. The standard InChI is InChI=1S/C24H23FN4OS/c25-17-6-4-16(5-7-17)10-12-27-18-8-9-20-21(13-18)31-23-22(20)24(30)29(15-28-23)14-19-3-1-2-11-26-19/h1-7,11,15,18,27H,8-10,12-14H2/t18-/m1/s1. The van der Waals surface area contributed by atoms with Gasteiger partial charge in [0.2, 0.25) is 0 Å². The second-order valence-corrected chi connectivity index (χ2v) is 9.04. The van der Waals surface area contributed by atoms with E-state index in [1.54, 1.807) is 28.4 Å². The van der Waals surface area contributed by atoms with E-state index < -0.39 is 0 Å². The molecule has 3 aromatic heterocycles. The fraction of sp³-hybridized carbons (Fsp3) is 0.292. The van der Waals surface area contributed by atoms with E-state index in [2.05, 4.69) is 15.3 Å². The highest BCUT2D eigenvalue weighted by Crippen LogP contribution is 2.33. The zero-order valence-corrected chi connectivity index (χ0v) is 17.9. The van der Waals surface area contributed by atoms with Crippen molar-refractivity contribution >= 4 is 21.6 Å². The minimum absolute atomic E-state index is 0.0240. The largest absolute Gasteiger partial charge is 0.313 e. The van der Waals surface area contributed by atoms with Gasteiger partial charge in [-0.1, -0.05) is 18.2 Å². The third-order valence-corrected chi connectivity index (χ3v) is 7.02. The van der Waals surface area contributed by atoms with E-state index in [9.17, 15) is 9.18 Å². The predicted octanol–water partition coefficient (Wildman–Crippen LogP) is 3.73. The Morgan fingerprint density at radius 1 is 1.16 bits per heavy atom. The van der Waals surface area contributed by atoms with Gasteiger partial charge in [-0.3, -0.25) is 14.3 Å². The van der Waals surface area contributed by atoms with Crippen LogP contribution in [0.3, 0.4) is 0 Å². The van der Waals surface area contributed by atoms with Crippen molar-refractivity contribution in [2.24, 2.45) is 0 Å². The Morgan fingerprint density at radius 2 is 2.03 bits per heavy atom. The van der Waals surface area contributed by atoms with Crippen molar-refractivity contribution < 1.29 is 4.39 Å². The molecule has 0 saturated carbocycles. The highest BCUT2D eigenvalue weighted by molar-refractivity contribution is 7.18. The van der Waals surface area contributed by atoms with Crippen LogP contribution in [0.4, 0.5) is 4.39 Å². The van der Waals surface area contributed by atoms with Crippen molar-refractivity contribution in [2.75, 3.05) is 6.54 Å². The summed E-state index contributed by atoms with van der Waals surface area (Å²) in [6.45, 7) is 1.28. The monoisotopic (exact) mass is 434 g/mol. The van der Waals surface area contributed by atoms with E-state index in [-0.39, 0.29) is 11.4 Å². The topological polar surface area (TPSA) is 59.8 Å². The molecule has 1 N–H and O–H groups in total. The molecule has 0 unspecified atom stereocenters. The molecule has 0 fully saturated rings. The second kappa shape index (κ2) is 8.69. The molecule has 5 nitrogen and oxygen atoms in total. The number of nitrogens with one attached hydrogen (secondary N) is 1. The predicted molar refractivity (Wildman–Crippen MR) is 121 cm³/mol. The number of hydrogen-bond acceptors (Lipinski definition) is 5. The fourth-order valence-corrected chi connectivity index (χ4v) is 5.48. The van der Waals surface area contributed by atoms with Crippen LogP contribution in [0.5, 0.6) is 0 Å². The number of nitrogens with zero attached hydrogens (tertiary/aromatic N) is 3. The molecule has 5 rings (SSSR count). The number of benzene rings is 1. The van der Waals surface area contributed by atoms with Crippen molar-refractivity contribution in [3.63, 3.8) is 0 Å².